The topological polar surface area (TPSA) is 85.0 Å². The minimum Gasteiger partial charge on any atom is -0.550 e. The van der Waals surface area contributed by atoms with Crippen LogP contribution in [0.3, 0.4) is 0 Å². The molecule has 0 saturated heterocycles. The van der Waals surface area contributed by atoms with Gasteiger partial charge in [-0.3, -0.25) is 4.79 Å². The maximum absolute atomic E-state index is 12.3. The van der Waals surface area contributed by atoms with E-state index in [1.165, 1.54) is 5.56 Å². The first-order valence-electron chi connectivity index (χ1n) is 8.27. The van der Waals surface area contributed by atoms with Gasteiger partial charge in [-0.2, -0.15) is 0 Å². The Labute approximate surface area is 140 Å². The van der Waals surface area contributed by atoms with E-state index in [-0.39, 0.29) is 5.91 Å². The molecule has 5 nitrogen and oxygen atoms in total. The summed E-state index contributed by atoms with van der Waals surface area (Å²) >= 11 is 0. The fraction of sp³-hybridized carbons (Fsp3) is 0.368. The summed E-state index contributed by atoms with van der Waals surface area (Å²) in [7, 11) is 0. The van der Waals surface area contributed by atoms with Gasteiger partial charge < -0.3 is 20.2 Å². The van der Waals surface area contributed by atoms with Gasteiger partial charge in [0.1, 0.15) is 0 Å². The third-order valence-corrected chi connectivity index (χ3v) is 4.77. The fourth-order valence-electron chi connectivity index (χ4n) is 3.46. The Morgan fingerprint density at radius 2 is 1.92 bits per heavy atom. The normalized spacial score (nSPS) is 20.2. The Hall–Kier alpha value is -2.56. The molecule has 1 aliphatic carbocycles. The molecule has 2 N–H and O–H groups in total. The highest BCUT2D eigenvalue weighted by Gasteiger charge is 2.29. The first-order valence-corrected chi connectivity index (χ1v) is 8.27. The van der Waals surface area contributed by atoms with Crippen molar-refractivity contribution < 1.29 is 14.7 Å². The number of hydrogen-bond acceptors (Lipinski definition) is 3. The number of fused-ring (bicyclic) bond motifs is 1. The number of aliphatic carboxylic acids is 1. The van der Waals surface area contributed by atoms with Crippen LogP contribution in [0.15, 0.2) is 36.4 Å². The van der Waals surface area contributed by atoms with E-state index in [2.05, 4.69) is 16.4 Å². The molecule has 0 saturated carbocycles. The molecule has 0 bridgehead atoms. The van der Waals surface area contributed by atoms with Gasteiger partial charge in [-0.15, -0.1) is 0 Å². The predicted octanol–water partition coefficient (Wildman–Crippen LogP) is 1.47. The zero-order chi connectivity index (χ0) is 17.1. The lowest BCUT2D eigenvalue weighted by molar-refractivity contribution is -0.313. The molecule has 0 fully saturated rings. The highest BCUT2D eigenvalue weighted by molar-refractivity contribution is 5.86. The van der Waals surface area contributed by atoms with E-state index >= 15 is 0 Å². The predicted molar refractivity (Wildman–Crippen MR) is 90.1 cm³/mol. The summed E-state index contributed by atoms with van der Waals surface area (Å²) in [6.07, 6.45) is 5.20. The number of hydrogen-bond donors (Lipinski definition) is 2. The number of allylic oxidation sites excluding steroid dienone is 2. The molecule has 1 aromatic heterocycles. The Kier molecular flexibility index (Phi) is 4.69. The van der Waals surface area contributed by atoms with Gasteiger partial charge in [0.15, 0.2) is 0 Å². The molecule has 2 atom stereocenters. The molecule has 2 aromatic rings. The SMILES string of the molecule is Cc1[nH]c2ccccc2c1CCNC(=O)[C@H]1CC=CC[C@@H]1C(=O)[O-]. The number of carboxylic acid groups (broad SMARTS) is 1. The molecule has 1 aromatic carbocycles. The Bertz CT molecular complexity index is 791. The highest BCUT2D eigenvalue weighted by atomic mass is 16.4. The number of aromatic nitrogens is 1. The lowest BCUT2D eigenvalue weighted by Crippen LogP contribution is -2.44. The van der Waals surface area contributed by atoms with Gasteiger partial charge in [0.05, 0.1) is 0 Å². The standard InChI is InChI=1S/C19H22N2O3/c1-12-13(14-6-4-5-9-17(14)21-12)10-11-20-18(22)15-7-2-3-8-16(15)19(23)24/h2-6,9,15-16,21H,7-8,10-11H2,1H3,(H,20,22)(H,23,24)/p-1/t15-,16-/m0/s1. The molecule has 1 heterocycles. The minimum absolute atomic E-state index is 0.203. The second kappa shape index (κ2) is 6.91. The van der Waals surface area contributed by atoms with Crippen molar-refractivity contribution in [3.63, 3.8) is 0 Å². The highest BCUT2D eigenvalue weighted by Crippen LogP contribution is 2.26. The van der Waals surface area contributed by atoms with Crippen LogP contribution in [0.4, 0.5) is 0 Å². The summed E-state index contributed by atoms with van der Waals surface area (Å²) in [6.45, 7) is 2.51. The Morgan fingerprint density at radius 3 is 2.67 bits per heavy atom. The Morgan fingerprint density at radius 1 is 1.21 bits per heavy atom. The van der Waals surface area contributed by atoms with Crippen LogP contribution < -0.4 is 10.4 Å². The van der Waals surface area contributed by atoms with Gasteiger partial charge in [-0.05, 0) is 37.8 Å². The van der Waals surface area contributed by atoms with Crippen molar-refractivity contribution in [2.75, 3.05) is 6.54 Å². The van der Waals surface area contributed by atoms with Gasteiger partial charge >= 0.3 is 0 Å². The largest absolute Gasteiger partial charge is 0.550 e. The summed E-state index contributed by atoms with van der Waals surface area (Å²) in [6, 6.07) is 8.08. The zero-order valence-corrected chi connectivity index (χ0v) is 13.7. The quantitative estimate of drug-likeness (QED) is 0.816. The molecule has 1 amide bonds. The number of benzene rings is 1. The van der Waals surface area contributed by atoms with Crippen LogP contribution in [-0.4, -0.2) is 23.4 Å². The second-order valence-corrected chi connectivity index (χ2v) is 6.29. The maximum atomic E-state index is 12.3. The van der Waals surface area contributed by atoms with E-state index in [9.17, 15) is 14.7 Å². The number of carboxylic acids is 1. The molecular weight excluding hydrogens is 304 g/mol. The smallest absolute Gasteiger partial charge is 0.224 e. The number of nitrogens with one attached hydrogen (secondary N) is 2. The summed E-state index contributed by atoms with van der Waals surface area (Å²) in [5.41, 5.74) is 3.37. The van der Waals surface area contributed by atoms with Gasteiger partial charge in [-0.1, -0.05) is 30.4 Å². The van der Waals surface area contributed by atoms with Gasteiger partial charge in [0, 0.05) is 40.9 Å². The molecule has 0 radical (unpaired) electrons. The van der Waals surface area contributed by atoms with Crippen LogP contribution in [0.2, 0.25) is 0 Å². The third kappa shape index (κ3) is 3.20. The van der Waals surface area contributed by atoms with Crippen LogP contribution in [0, 0.1) is 18.8 Å². The number of carbonyl (C=O) groups excluding carboxylic acids is 2. The van der Waals surface area contributed by atoms with Crippen LogP contribution in [0.25, 0.3) is 10.9 Å². The van der Waals surface area contributed by atoms with Gasteiger partial charge in [0.2, 0.25) is 5.91 Å². The third-order valence-electron chi connectivity index (χ3n) is 4.77. The number of para-hydroxylation sites is 1. The lowest BCUT2D eigenvalue weighted by atomic mass is 9.82. The summed E-state index contributed by atoms with van der Waals surface area (Å²) in [5, 5.41) is 15.2. The molecule has 5 heteroatoms. The van der Waals surface area contributed by atoms with E-state index in [4.69, 9.17) is 0 Å². The minimum atomic E-state index is -1.15. The molecular formula is C19H21N2O3-. The monoisotopic (exact) mass is 325 g/mol. The van der Waals surface area contributed by atoms with E-state index in [0.29, 0.717) is 25.8 Å². The summed E-state index contributed by atoms with van der Waals surface area (Å²) < 4.78 is 0. The molecule has 126 valence electrons. The van der Waals surface area contributed by atoms with Crippen molar-refractivity contribution in [3.8, 4) is 0 Å². The van der Waals surface area contributed by atoms with Crippen molar-refractivity contribution in [3.05, 3.63) is 47.7 Å². The van der Waals surface area contributed by atoms with Crippen LogP contribution in [-0.2, 0) is 16.0 Å². The number of H-pyrrole nitrogens is 1. The van der Waals surface area contributed by atoms with Crippen LogP contribution in [0.1, 0.15) is 24.1 Å². The van der Waals surface area contributed by atoms with E-state index < -0.39 is 17.8 Å². The van der Waals surface area contributed by atoms with Gasteiger partial charge in [-0.25, -0.2) is 0 Å². The zero-order valence-electron chi connectivity index (χ0n) is 13.7. The lowest BCUT2D eigenvalue weighted by Gasteiger charge is -2.28. The maximum Gasteiger partial charge on any atom is 0.224 e. The van der Waals surface area contributed by atoms with Crippen molar-refractivity contribution in [1.29, 1.82) is 0 Å². The average Bonchev–Trinajstić information content (AvgIpc) is 2.90. The number of aromatic amines is 1. The average molecular weight is 325 g/mol. The van der Waals surface area contributed by atoms with Crippen LogP contribution >= 0.6 is 0 Å². The van der Waals surface area contributed by atoms with Crippen molar-refractivity contribution in [2.24, 2.45) is 11.8 Å². The Balaban J connectivity index is 1.63. The van der Waals surface area contributed by atoms with E-state index in [0.717, 1.165) is 16.6 Å². The van der Waals surface area contributed by atoms with Crippen LogP contribution in [0.5, 0.6) is 0 Å². The number of aryl methyl sites for hydroxylation is 1. The molecule has 0 unspecified atom stereocenters. The summed E-state index contributed by atoms with van der Waals surface area (Å²) in [4.78, 5) is 26.9. The van der Waals surface area contributed by atoms with Crippen molar-refractivity contribution in [2.45, 2.75) is 26.2 Å². The van der Waals surface area contributed by atoms with Crippen molar-refractivity contribution in [1.82, 2.24) is 10.3 Å². The number of amides is 1. The molecule has 0 spiro atoms. The molecule has 0 aliphatic heterocycles. The summed E-state index contributed by atoms with van der Waals surface area (Å²) in [5.74, 6) is -2.62. The van der Waals surface area contributed by atoms with E-state index in [1.54, 1.807) is 6.08 Å². The van der Waals surface area contributed by atoms with Gasteiger partial charge in [0.25, 0.3) is 0 Å². The first-order chi connectivity index (χ1) is 11.6. The second-order valence-electron chi connectivity index (χ2n) is 6.29. The van der Waals surface area contributed by atoms with E-state index in [1.807, 2.05) is 31.2 Å². The number of carbonyl (C=O) groups is 2. The molecule has 3 rings (SSSR count). The van der Waals surface area contributed by atoms with Crippen molar-refractivity contribution >= 4 is 22.8 Å². The molecule has 1 aliphatic rings. The number of rotatable bonds is 5. The first kappa shape index (κ1) is 16.3. The fourth-order valence-corrected chi connectivity index (χ4v) is 3.46. The molecule has 24 heavy (non-hydrogen) atoms.